The van der Waals surface area contributed by atoms with Gasteiger partial charge in [0, 0.05) is 22.9 Å². The molecule has 0 saturated heterocycles. The highest BCUT2D eigenvalue weighted by Crippen LogP contribution is 2.24. The molecule has 0 bridgehead atoms. The van der Waals surface area contributed by atoms with Crippen LogP contribution in [0.2, 0.25) is 5.02 Å². The molecule has 0 saturated carbocycles. The number of rotatable bonds is 7. The molecule has 0 unspecified atom stereocenters. The molecule has 26 heavy (non-hydrogen) atoms. The summed E-state index contributed by atoms with van der Waals surface area (Å²) in [7, 11) is 0. The van der Waals surface area contributed by atoms with Crippen LogP contribution >= 0.6 is 22.9 Å². The van der Waals surface area contributed by atoms with Gasteiger partial charge in [-0.2, -0.15) is 0 Å². The highest BCUT2D eigenvalue weighted by Gasteiger charge is 2.23. The number of nitro groups is 1. The first kappa shape index (κ1) is 19.5. The van der Waals surface area contributed by atoms with E-state index in [4.69, 9.17) is 16.3 Å². The Morgan fingerprint density at radius 3 is 2.65 bits per heavy atom. The van der Waals surface area contributed by atoms with Crippen molar-refractivity contribution in [3.8, 4) is 0 Å². The summed E-state index contributed by atoms with van der Waals surface area (Å²) in [4.78, 5) is 46.4. The topological polar surface area (TPSA) is 116 Å². The first-order chi connectivity index (χ1) is 12.3. The molecule has 0 fully saturated rings. The molecule has 1 N–H and O–H groups in total. The molecule has 2 rings (SSSR count). The largest absolute Gasteiger partial charge is 0.453 e. The third-order valence-electron chi connectivity index (χ3n) is 3.16. The Hall–Kier alpha value is -2.78. The van der Waals surface area contributed by atoms with Gasteiger partial charge in [0.1, 0.15) is 5.56 Å². The van der Waals surface area contributed by atoms with Crippen molar-refractivity contribution >= 4 is 46.3 Å². The number of esters is 1. The van der Waals surface area contributed by atoms with Crippen LogP contribution in [0.4, 0.5) is 5.69 Å². The third kappa shape index (κ3) is 5.11. The number of hydrogen-bond acceptors (Lipinski definition) is 7. The van der Waals surface area contributed by atoms with Gasteiger partial charge < -0.3 is 10.1 Å². The Labute approximate surface area is 156 Å². The van der Waals surface area contributed by atoms with E-state index < -0.39 is 29.0 Å². The van der Waals surface area contributed by atoms with E-state index in [2.05, 4.69) is 5.32 Å². The van der Waals surface area contributed by atoms with Gasteiger partial charge in [-0.15, -0.1) is 11.3 Å². The minimum absolute atomic E-state index is 0.134. The molecule has 0 atom stereocenters. The molecule has 1 amide bonds. The van der Waals surface area contributed by atoms with E-state index in [9.17, 15) is 24.5 Å². The second kappa shape index (κ2) is 8.54. The molecule has 1 aromatic heterocycles. The Morgan fingerprint density at radius 1 is 1.27 bits per heavy atom. The fourth-order valence-corrected chi connectivity index (χ4v) is 2.99. The van der Waals surface area contributed by atoms with Crippen LogP contribution in [0.5, 0.6) is 0 Å². The molecular formula is C16H13ClN2O6S. The average Bonchev–Trinajstić information content (AvgIpc) is 3.06. The maximum absolute atomic E-state index is 12.1. The van der Waals surface area contributed by atoms with E-state index in [1.165, 1.54) is 13.0 Å². The van der Waals surface area contributed by atoms with Gasteiger partial charge in [-0.1, -0.05) is 11.6 Å². The summed E-state index contributed by atoms with van der Waals surface area (Å²) >= 11 is 6.91. The van der Waals surface area contributed by atoms with E-state index >= 15 is 0 Å². The molecule has 2 aromatic rings. The number of thiophene rings is 1. The van der Waals surface area contributed by atoms with Crippen molar-refractivity contribution in [2.24, 2.45) is 0 Å². The summed E-state index contributed by atoms with van der Waals surface area (Å²) in [6, 6.07) is 6.72. The van der Waals surface area contributed by atoms with Gasteiger partial charge in [0.25, 0.3) is 5.69 Å². The van der Waals surface area contributed by atoms with E-state index in [-0.39, 0.29) is 16.5 Å². The lowest BCUT2D eigenvalue weighted by molar-refractivity contribution is -0.385. The van der Waals surface area contributed by atoms with Gasteiger partial charge in [0.05, 0.1) is 16.3 Å². The normalized spacial score (nSPS) is 10.2. The van der Waals surface area contributed by atoms with Crippen LogP contribution in [0.1, 0.15) is 31.8 Å². The Morgan fingerprint density at radius 2 is 2.00 bits per heavy atom. The molecule has 0 aliphatic heterocycles. The fraction of sp³-hybridized carbons (Fsp3) is 0.188. The standard InChI is InChI=1S/C16H13ClN2O6S/c1-9(20)18-7-11-3-5-15(26-11)14(21)8-25-16(22)12-6-10(17)2-4-13(12)19(23)24/h2-6H,7-8H2,1H3,(H,18,20). The van der Waals surface area contributed by atoms with Crippen molar-refractivity contribution in [1.82, 2.24) is 5.32 Å². The number of carbonyl (C=O) groups is 3. The summed E-state index contributed by atoms with van der Waals surface area (Å²) in [6.07, 6.45) is 0. The molecule has 0 radical (unpaired) electrons. The van der Waals surface area contributed by atoms with Crippen LogP contribution in [0.3, 0.4) is 0 Å². The van der Waals surface area contributed by atoms with Crippen molar-refractivity contribution in [2.75, 3.05) is 6.61 Å². The number of nitrogens with zero attached hydrogens (tertiary/aromatic N) is 1. The lowest BCUT2D eigenvalue weighted by Crippen LogP contribution is -2.18. The predicted octanol–water partition coefficient (Wildman–Crippen LogP) is 2.99. The molecule has 8 nitrogen and oxygen atoms in total. The number of ketones is 1. The number of amides is 1. The van der Waals surface area contributed by atoms with E-state index in [0.717, 1.165) is 28.3 Å². The fourth-order valence-electron chi connectivity index (χ4n) is 1.95. The summed E-state index contributed by atoms with van der Waals surface area (Å²) in [5, 5.41) is 13.7. The third-order valence-corrected chi connectivity index (χ3v) is 4.52. The van der Waals surface area contributed by atoms with Gasteiger partial charge in [0.2, 0.25) is 11.7 Å². The molecule has 0 spiro atoms. The Balaban J connectivity index is 2.01. The molecular weight excluding hydrogens is 384 g/mol. The Kier molecular flexibility index (Phi) is 6.42. The first-order valence-electron chi connectivity index (χ1n) is 7.25. The zero-order chi connectivity index (χ0) is 19.3. The number of carbonyl (C=O) groups excluding carboxylic acids is 3. The summed E-state index contributed by atoms with van der Waals surface area (Å²) in [5.74, 6) is -1.66. The van der Waals surface area contributed by atoms with Crippen LogP contribution in [0, 0.1) is 10.1 Å². The van der Waals surface area contributed by atoms with E-state index in [0.29, 0.717) is 11.4 Å². The van der Waals surface area contributed by atoms with Crippen LogP contribution in [-0.4, -0.2) is 29.2 Å². The van der Waals surface area contributed by atoms with Crippen LogP contribution in [0.25, 0.3) is 0 Å². The second-order valence-corrected chi connectivity index (χ2v) is 6.70. The summed E-state index contributed by atoms with van der Waals surface area (Å²) in [6.45, 7) is 1.11. The van der Waals surface area contributed by atoms with Gasteiger partial charge in [-0.3, -0.25) is 19.7 Å². The maximum atomic E-state index is 12.1. The minimum Gasteiger partial charge on any atom is -0.453 e. The van der Waals surface area contributed by atoms with Crippen molar-refractivity contribution in [2.45, 2.75) is 13.5 Å². The maximum Gasteiger partial charge on any atom is 0.345 e. The lowest BCUT2D eigenvalue weighted by Gasteiger charge is -2.05. The van der Waals surface area contributed by atoms with Crippen molar-refractivity contribution in [3.05, 3.63) is 60.8 Å². The van der Waals surface area contributed by atoms with Crippen molar-refractivity contribution in [1.29, 1.82) is 0 Å². The smallest absolute Gasteiger partial charge is 0.345 e. The number of nitro benzene ring substituents is 1. The number of nitrogens with one attached hydrogen (secondary N) is 1. The van der Waals surface area contributed by atoms with E-state index in [1.807, 2.05) is 0 Å². The van der Waals surface area contributed by atoms with Crippen LogP contribution in [-0.2, 0) is 16.1 Å². The van der Waals surface area contributed by atoms with Gasteiger partial charge in [-0.25, -0.2) is 4.79 Å². The average molecular weight is 397 g/mol. The summed E-state index contributed by atoms with van der Waals surface area (Å²) < 4.78 is 4.88. The minimum atomic E-state index is -1.01. The van der Waals surface area contributed by atoms with E-state index in [1.54, 1.807) is 12.1 Å². The monoisotopic (exact) mass is 396 g/mol. The number of halogens is 1. The predicted molar refractivity (Wildman–Crippen MR) is 94.6 cm³/mol. The number of Topliss-reactive ketones (excluding diaryl/α,β-unsaturated/α-hetero) is 1. The second-order valence-electron chi connectivity index (χ2n) is 5.09. The lowest BCUT2D eigenvalue weighted by atomic mass is 10.2. The molecule has 136 valence electrons. The quantitative estimate of drug-likeness (QED) is 0.333. The number of hydrogen-bond donors (Lipinski definition) is 1. The molecule has 0 aliphatic rings. The van der Waals surface area contributed by atoms with Gasteiger partial charge in [0.15, 0.2) is 6.61 Å². The molecule has 10 heteroatoms. The van der Waals surface area contributed by atoms with Gasteiger partial charge in [-0.05, 0) is 24.3 Å². The highest BCUT2D eigenvalue weighted by atomic mass is 35.5. The van der Waals surface area contributed by atoms with Crippen LogP contribution < -0.4 is 5.32 Å². The zero-order valence-corrected chi connectivity index (χ0v) is 15.1. The molecule has 0 aliphatic carbocycles. The zero-order valence-electron chi connectivity index (χ0n) is 13.5. The summed E-state index contributed by atoms with van der Waals surface area (Å²) in [5.41, 5.74) is -0.784. The first-order valence-corrected chi connectivity index (χ1v) is 8.44. The van der Waals surface area contributed by atoms with Crippen molar-refractivity contribution < 1.29 is 24.0 Å². The molecule has 1 heterocycles. The molecule has 1 aromatic carbocycles. The van der Waals surface area contributed by atoms with Gasteiger partial charge >= 0.3 is 5.97 Å². The SMILES string of the molecule is CC(=O)NCc1ccc(C(=O)COC(=O)c2cc(Cl)ccc2[N+](=O)[O-])s1. The number of benzene rings is 1. The van der Waals surface area contributed by atoms with Crippen molar-refractivity contribution in [3.63, 3.8) is 0 Å². The highest BCUT2D eigenvalue weighted by molar-refractivity contribution is 7.14. The number of ether oxygens (including phenoxy) is 1. The van der Waals surface area contributed by atoms with Crippen LogP contribution in [0.15, 0.2) is 30.3 Å². The Bertz CT molecular complexity index is 879.